The van der Waals surface area contributed by atoms with Gasteiger partial charge in [-0.15, -0.1) is 0 Å². The van der Waals surface area contributed by atoms with Crippen LogP contribution in [0.5, 0.6) is 0 Å². The van der Waals surface area contributed by atoms with Gasteiger partial charge in [0, 0.05) is 12.6 Å². The van der Waals surface area contributed by atoms with Gasteiger partial charge in [0.1, 0.15) is 16.5 Å². The van der Waals surface area contributed by atoms with E-state index in [4.69, 9.17) is 0 Å². The van der Waals surface area contributed by atoms with Crippen LogP contribution in [0.4, 0.5) is 8.78 Å². The Morgan fingerprint density at radius 2 is 2.06 bits per heavy atom. The Labute approximate surface area is 104 Å². The van der Waals surface area contributed by atoms with Gasteiger partial charge in [0.15, 0.2) is 0 Å². The van der Waals surface area contributed by atoms with Crippen molar-refractivity contribution in [3.63, 3.8) is 0 Å². The monoisotopic (exact) mass is 276 g/mol. The maximum atomic E-state index is 13.4. The Balaban J connectivity index is 2.28. The Bertz CT molecular complexity index is 548. The average Bonchev–Trinajstić information content (AvgIpc) is 2.67. The van der Waals surface area contributed by atoms with Crippen molar-refractivity contribution >= 4 is 10.0 Å². The molecule has 1 heterocycles. The van der Waals surface area contributed by atoms with Crippen LogP contribution in [-0.4, -0.2) is 27.5 Å². The van der Waals surface area contributed by atoms with Gasteiger partial charge in [-0.05, 0) is 30.7 Å². The van der Waals surface area contributed by atoms with Gasteiger partial charge in [0.05, 0.1) is 0 Å². The summed E-state index contributed by atoms with van der Waals surface area (Å²) in [5.74, 6) is -1.63. The van der Waals surface area contributed by atoms with Gasteiger partial charge in [-0.3, -0.25) is 0 Å². The zero-order chi connectivity index (χ0) is 13.3. The molecule has 1 fully saturated rings. The predicted octanol–water partition coefficient (Wildman–Crippen LogP) is 0.851. The quantitative estimate of drug-likeness (QED) is 0.860. The summed E-state index contributed by atoms with van der Waals surface area (Å²) in [5, 5.41) is 3.03. The second-order valence-corrected chi connectivity index (χ2v) is 6.12. The molecule has 18 heavy (non-hydrogen) atoms. The van der Waals surface area contributed by atoms with Gasteiger partial charge in [0.2, 0.25) is 10.0 Å². The lowest BCUT2D eigenvalue weighted by molar-refractivity contribution is 0.495. The van der Waals surface area contributed by atoms with Crippen molar-refractivity contribution in [2.24, 2.45) is 5.92 Å². The summed E-state index contributed by atoms with van der Waals surface area (Å²) in [6.45, 7) is 3.06. The molecular weight excluding hydrogens is 262 g/mol. The van der Waals surface area contributed by atoms with E-state index >= 15 is 0 Å². The molecule has 1 aromatic carbocycles. The average molecular weight is 276 g/mol. The third-order valence-electron chi connectivity index (χ3n) is 3.01. The Morgan fingerprint density at radius 1 is 1.33 bits per heavy atom. The molecule has 1 aliphatic heterocycles. The van der Waals surface area contributed by atoms with E-state index in [9.17, 15) is 17.2 Å². The number of sulfonamides is 1. The molecule has 2 unspecified atom stereocenters. The minimum absolute atomic E-state index is 0.108. The molecule has 1 saturated heterocycles. The van der Waals surface area contributed by atoms with Gasteiger partial charge >= 0.3 is 0 Å². The molecule has 1 aromatic rings. The van der Waals surface area contributed by atoms with E-state index in [0.717, 1.165) is 12.1 Å². The van der Waals surface area contributed by atoms with E-state index in [1.165, 1.54) is 0 Å². The maximum absolute atomic E-state index is 13.4. The van der Waals surface area contributed by atoms with Gasteiger partial charge in [0.25, 0.3) is 0 Å². The molecular formula is C11H14F2N2O2S. The molecule has 100 valence electrons. The number of rotatable bonds is 3. The first kappa shape index (κ1) is 13.4. The standard InChI is InChI=1S/C11H14F2N2O2S/c1-7-5-14-6-10(7)15-18(16,17)11-4-8(12)2-3-9(11)13/h2-4,7,10,14-15H,5-6H2,1H3. The van der Waals surface area contributed by atoms with Crippen molar-refractivity contribution in [3.05, 3.63) is 29.8 Å². The highest BCUT2D eigenvalue weighted by Gasteiger charge is 2.29. The van der Waals surface area contributed by atoms with Gasteiger partial charge in [-0.1, -0.05) is 6.92 Å². The zero-order valence-corrected chi connectivity index (χ0v) is 10.6. The highest BCUT2D eigenvalue weighted by atomic mass is 32.2. The number of hydrogen-bond donors (Lipinski definition) is 2. The summed E-state index contributed by atoms with van der Waals surface area (Å²) < 4.78 is 52.7. The molecule has 7 heteroatoms. The second kappa shape index (κ2) is 4.91. The van der Waals surface area contributed by atoms with E-state index in [-0.39, 0.29) is 12.0 Å². The number of nitrogens with one attached hydrogen (secondary N) is 2. The fraction of sp³-hybridized carbons (Fsp3) is 0.455. The van der Waals surface area contributed by atoms with Gasteiger partial charge < -0.3 is 5.32 Å². The molecule has 0 bridgehead atoms. The van der Waals surface area contributed by atoms with Crippen LogP contribution in [-0.2, 0) is 10.0 Å². The first-order valence-electron chi connectivity index (χ1n) is 5.58. The lowest BCUT2D eigenvalue weighted by Crippen LogP contribution is -2.39. The Kier molecular flexibility index (Phi) is 3.65. The second-order valence-electron chi connectivity index (χ2n) is 4.44. The van der Waals surface area contributed by atoms with Crippen LogP contribution >= 0.6 is 0 Å². The van der Waals surface area contributed by atoms with E-state index in [2.05, 4.69) is 10.0 Å². The molecule has 0 amide bonds. The molecule has 0 spiro atoms. The zero-order valence-electron chi connectivity index (χ0n) is 9.78. The van der Waals surface area contributed by atoms with Crippen LogP contribution in [0.2, 0.25) is 0 Å². The van der Waals surface area contributed by atoms with E-state index in [1.807, 2.05) is 6.92 Å². The minimum atomic E-state index is -4.03. The third kappa shape index (κ3) is 2.68. The van der Waals surface area contributed by atoms with E-state index < -0.39 is 26.6 Å². The Hall–Kier alpha value is -1.05. The van der Waals surface area contributed by atoms with Crippen LogP contribution in [0.15, 0.2) is 23.1 Å². The normalized spacial score (nSPS) is 24.4. The molecule has 2 rings (SSSR count). The molecule has 0 aromatic heterocycles. The van der Waals surface area contributed by atoms with Gasteiger partial charge in [-0.2, -0.15) is 0 Å². The largest absolute Gasteiger partial charge is 0.315 e. The number of benzene rings is 1. The fourth-order valence-corrected chi connectivity index (χ4v) is 3.35. The molecule has 2 N–H and O–H groups in total. The predicted molar refractivity (Wildman–Crippen MR) is 62.5 cm³/mol. The van der Waals surface area contributed by atoms with E-state index in [0.29, 0.717) is 19.2 Å². The van der Waals surface area contributed by atoms with Crippen LogP contribution in [0.3, 0.4) is 0 Å². The SMILES string of the molecule is CC1CNCC1NS(=O)(=O)c1cc(F)ccc1F. The number of halogens is 2. The minimum Gasteiger partial charge on any atom is -0.315 e. The van der Waals surface area contributed by atoms with Crippen LogP contribution in [0.25, 0.3) is 0 Å². The topological polar surface area (TPSA) is 58.2 Å². The summed E-state index contributed by atoms with van der Waals surface area (Å²) in [6, 6.07) is 2.07. The van der Waals surface area contributed by atoms with Crippen LogP contribution in [0, 0.1) is 17.6 Å². The van der Waals surface area contributed by atoms with Crippen molar-refractivity contribution in [3.8, 4) is 0 Å². The van der Waals surface area contributed by atoms with Crippen molar-refractivity contribution in [1.82, 2.24) is 10.0 Å². The Morgan fingerprint density at radius 3 is 2.67 bits per heavy atom. The third-order valence-corrected chi connectivity index (χ3v) is 4.51. The van der Waals surface area contributed by atoms with Crippen molar-refractivity contribution in [2.75, 3.05) is 13.1 Å². The van der Waals surface area contributed by atoms with Gasteiger partial charge in [-0.25, -0.2) is 21.9 Å². The van der Waals surface area contributed by atoms with Crippen molar-refractivity contribution < 1.29 is 17.2 Å². The van der Waals surface area contributed by atoms with E-state index in [1.54, 1.807) is 0 Å². The highest BCUT2D eigenvalue weighted by Crippen LogP contribution is 2.18. The summed E-state index contributed by atoms with van der Waals surface area (Å²) in [5.41, 5.74) is 0. The molecule has 0 radical (unpaired) electrons. The lowest BCUT2D eigenvalue weighted by Gasteiger charge is -2.16. The number of hydrogen-bond acceptors (Lipinski definition) is 3. The molecule has 4 nitrogen and oxygen atoms in total. The molecule has 1 aliphatic rings. The molecule has 2 atom stereocenters. The highest BCUT2D eigenvalue weighted by molar-refractivity contribution is 7.89. The first-order valence-corrected chi connectivity index (χ1v) is 7.06. The van der Waals surface area contributed by atoms with Crippen LogP contribution in [0.1, 0.15) is 6.92 Å². The van der Waals surface area contributed by atoms with Crippen molar-refractivity contribution in [2.45, 2.75) is 17.9 Å². The molecule has 0 aliphatic carbocycles. The van der Waals surface area contributed by atoms with Crippen LogP contribution < -0.4 is 10.0 Å². The van der Waals surface area contributed by atoms with Crippen molar-refractivity contribution in [1.29, 1.82) is 0 Å². The maximum Gasteiger partial charge on any atom is 0.243 e. The molecule has 0 saturated carbocycles. The summed E-state index contributed by atoms with van der Waals surface area (Å²) in [6.07, 6.45) is 0. The lowest BCUT2D eigenvalue weighted by atomic mass is 10.1. The fourth-order valence-electron chi connectivity index (χ4n) is 1.91. The first-order chi connectivity index (χ1) is 8.40. The summed E-state index contributed by atoms with van der Waals surface area (Å²) in [4.78, 5) is -0.651. The summed E-state index contributed by atoms with van der Waals surface area (Å²) >= 11 is 0. The smallest absolute Gasteiger partial charge is 0.243 e. The summed E-state index contributed by atoms with van der Waals surface area (Å²) in [7, 11) is -4.03.